The first kappa shape index (κ1) is 32.4. The van der Waals surface area contributed by atoms with E-state index in [1.54, 1.807) is 28.8 Å². The lowest BCUT2D eigenvalue weighted by Gasteiger charge is -2.42. The number of hydrogen-bond acceptors (Lipinski definition) is 6. The molecule has 238 valence electrons. The minimum absolute atomic E-state index is 0.0163. The van der Waals surface area contributed by atoms with Gasteiger partial charge in [0.1, 0.15) is 11.8 Å². The molecular weight excluding hydrogens is 574 g/mol. The number of amides is 3. The van der Waals surface area contributed by atoms with E-state index in [0.29, 0.717) is 12.3 Å². The topological polar surface area (TPSA) is 108 Å². The van der Waals surface area contributed by atoms with Gasteiger partial charge in [0.2, 0.25) is 17.7 Å². The summed E-state index contributed by atoms with van der Waals surface area (Å²) >= 11 is 1.63. The Balaban J connectivity index is 1.53. The summed E-state index contributed by atoms with van der Waals surface area (Å²) in [6, 6.07) is 15.0. The second-order valence-corrected chi connectivity index (χ2v) is 16.0. The van der Waals surface area contributed by atoms with Crippen molar-refractivity contribution in [1.82, 2.24) is 10.2 Å². The van der Waals surface area contributed by atoms with Gasteiger partial charge in [0.15, 0.2) is 0 Å². The van der Waals surface area contributed by atoms with Crippen LogP contribution in [0.25, 0.3) is 0 Å². The number of nitrogens with one attached hydrogen (secondary N) is 2. The molecule has 0 aromatic heterocycles. The molecule has 2 aromatic rings. The molecule has 1 spiro atoms. The van der Waals surface area contributed by atoms with E-state index < -0.39 is 34.2 Å². The van der Waals surface area contributed by atoms with Crippen LogP contribution in [0.2, 0.25) is 0 Å². The van der Waals surface area contributed by atoms with Gasteiger partial charge < -0.3 is 25.4 Å². The zero-order valence-electron chi connectivity index (χ0n) is 26.9. The van der Waals surface area contributed by atoms with Crippen LogP contribution in [-0.2, 0) is 14.4 Å². The van der Waals surface area contributed by atoms with E-state index in [1.807, 2.05) is 63.2 Å². The third-order valence-electron chi connectivity index (χ3n) is 9.29. The molecule has 3 heterocycles. The van der Waals surface area contributed by atoms with E-state index >= 15 is 0 Å². The Bertz CT molecular complexity index is 1370. The minimum atomic E-state index is -0.843. The number of rotatable bonds is 10. The summed E-state index contributed by atoms with van der Waals surface area (Å²) in [5, 5.41) is 17.0. The predicted octanol–water partition coefficient (Wildman–Crippen LogP) is 5.43. The number of nitrogens with zero attached hydrogens (tertiary/aromatic N) is 1. The lowest BCUT2D eigenvalue weighted by molar-refractivity contribution is -0.142. The van der Waals surface area contributed by atoms with Gasteiger partial charge in [0.25, 0.3) is 0 Å². The van der Waals surface area contributed by atoms with Crippen molar-refractivity contribution in [3.63, 3.8) is 0 Å². The number of benzene rings is 2. The van der Waals surface area contributed by atoms with Crippen molar-refractivity contribution in [2.45, 2.75) is 88.9 Å². The number of ether oxygens (including phenoxy) is 1. The van der Waals surface area contributed by atoms with E-state index in [9.17, 15) is 19.5 Å². The van der Waals surface area contributed by atoms with Gasteiger partial charge in [-0.25, -0.2) is 0 Å². The van der Waals surface area contributed by atoms with Crippen LogP contribution < -0.4 is 15.4 Å². The fourth-order valence-corrected chi connectivity index (χ4v) is 10.6. The van der Waals surface area contributed by atoms with Crippen LogP contribution in [0.15, 0.2) is 54.6 Å². The molecule has 3 unspecified atom stereocenters. The van der Waals surface area contributed by atoms with Gasteiger partial charge in [-0.1, -0.05) is 58.0 Å². The normalized spacial score (nSPS) is 28.5. The van der Waals surface area contributed by atoms with Crippen molar-refractivity contribution in [2.24, 2.45) is 23.2 Å². The highest BCUT2D eigenvalue weighted by Crippen LogP contribution is 2.69. The molecule has 44 heavy (non-hydrogen) atoms. The summed E-state index contributed by atoms with van der Waals surface area (Å²) in [6.07, 6.45) is 1.47. The van der Waals surface area contributed by atoms with Gasteiger partial charge in [-0.05, 0) is 74.8 Å². The number of fused-ring (bicyclic) bond motifs is 1. The van der Waals surface area contributed by atoms with Gasteiger partial charge >= 0.3 is 0 Å². The molecule has 0 saturated carbocycles. The van der Waals surface area contributed by atoms with Crippen LogP contribution in [0.1, 0.15) is 72.9 Å². The van der Waals surface area contributed by atoms with E-state index in [4.69, 9.17) is 4.74 Å². The molecule has 2 bridgehead atoms. The standard InChI is InChI=1S/C35H47N3O5S/c1-8-43-24-16-14-23(15-17-24)36-30(40)27-26-18-21(2)35(44-26)28(27)32(42)38(25(19-39)22-12-10-9-11-13-22)29(35)31(41)37-34(6,7)20-33(3,4)5/h9-17,21,25-29,39H,8,18-20H2,1-7H3,(H,36,40)(H,37,41)/t21?,25-,26+,27-,28+,29?,35?/m1/s1. The number of aliphatic hydroxyl groups excluding tert-OH is 1. The number of anilines is 1. The Hall–Kier alpha value is -3.04. The lowest BCUT2D eigenvalue weighted by atomic mass is 9.65. The number of carbonyl (C=O) groups is 3. The Morgan fingerprint density at radius 1 is 1.07 bits per heavy atom. The number of thioether (sulfide) groups is 1. The molecule has 9 heteroatoms. The van der Waals surface area contributed by atoms with Crippen LogP contribution in [0.3, 0.4) is 0 Å². The number of likely N-dealkylation sites (tertiary alicyclic amines) is 1. The van der Waals surface area contributed by atoms with E-state index in [0.717, 1.165) is 24.2 Å². The second kappa shape index (κ2) is 12.0. The van der Waals surface area contributed by atoms with Crippen molar-refractivity contribution in [2.75, 3.05) is 18.5 Å². The number of aliphatic hydroxyl groups is 1. The highest BCUT2D eigenvalue weighted by atomic mass is 32.2. The summed E-state index contributed by atoms with van der Waals surface area (Å²) in [5.74, 6) is -1.24. The third kappa shape index (κ3) is 5.85. The summed E-state index contributed by atoms with van der Waals surface area (Å²) in [5.41, 5.74) is 0.827. The first-order valence-electron chi connectivity index (χ1n) is 15.7. The SMILES string of the molecule is CCOc1ccc(NC(=O)[C@@H]2[C@@H]3CC(C)C4(S3)C(C(=O)NC(C)(C)CC(C)(C)C)N([C@H](CO)c3ccccc3)C(=O)[C@H]24)cc1. The quantitative estimate of drug-likeness (QED) is 0.327. The van der Waals surface area contributed by atoms with E-state index in [1.165, 1.54) is 0 Å². The predicted molar refractivity (Wildman–Crippen MR) is 174 cm³/mol. The van der Waals surface area contributed by atoms with E-state index in [2.05, 4.69) is 38.3 Å². The monoisotopic (exact) mass is 621 g/mol. The highest BCUT2D eigenvalue weighted by Gasteiger charge is 2.76. The first-order chi connectivity index (χ1) is 20.7. The van der Waals surface area contributed by atoms with Gasteiger partial charge in [-0.2, -0.15) is 0 Å². The Labute approximate surface area is 265 Å². The number of hydrogen-bond donors (Lipinski definition) is 3. The summed E-state index contributed by atoms with van der Waals surface area (Å²) in [4.78, 5) is 44.9. The smallest absolute Gasteiger partial charge is 0.244 e. The van der Waals surface area contributed by atoms with E-state index in [-0.39, 0.29) is 40.9 Å². The molecule has 3 aliphatic heterocycles. The largest absolute Gasteiger partial charge is 0.494 e. The van der Waals surface area contributed by atoms with Gasteiger partial charge in [0, 0.05) is 16.5 Å². The molecule has 3 aliphatic rings. The number of carbonyl (C=O) groups excluding carboxylic acids is 3. The third-order valence-corrected chi connectivity index (χ3v) is 11.4. The van der Waals surface area contributed by atoms with Crippen molar-refractivity contribution >= 4 is 35.2 Å². The van der Waals surface area contributed by atoms with Gasteiger partial charge in [-0.15, -0.1) is 11.8 Å². The molecular formula is C35H47N3O5S. The first-order valence-corrected chi connectivity index (χ1v) is 16.6. The average molecular weight is 622 g/mol. The maximum absolute atomic E-state index is 14.7. The molecule has 0 radical (unpaired) electrons. The molecule has 5 rings (SSSR count). The molecule has 0 aliphatic carbocycles. The fraction of sp³-hybridized carbons (Fsp3) is 0.571. The lowest BCUT2D eigenvalue weighted by Crippen LogP contribution is -2.60. The molecule has 7 atom stereocenters. The summed E-state index contributed by atoms with van der Waals surface area (Å²) in [6.45, 7) is 14.7. The molecule has 8 nitrogen and oxygen atoms in total. The molecule has 2 aromatic carbocycles. The van der Waals surface area contributed by atoms with Crippen molar-refractivity contribution in [3.8, 4) is 5.75 Å². The van der Waals surface area contributed by atoms with Crippen LogP contribution in [-0.4, -0.2) is 62.5 Å². The second-order valence-electron chi connectivity index (χ2n) is 14.5. The summed E-state index contributed by atoms with van der Waals surface area (Å²) < 4.78 is 4.74. The highest BCUT2D eigenvalue weighted by molar-refractivity contribution is 8.02. The van der Waals surface area contributed by atoms with Gasteiger partial charge in [0.05, 0.1) is 35.8 Å². The average Bonchev–Trinajstić information content (AvgIpc) is 3.53. The van der Waals surface area contributed by atoms with Crippen LogP contribution in [0.4, 0.5) is 5.69 Å². The van der Waals surface area contributed by atoms with Gasteiger partial charge in [-0.3, -0.25) is 14.4 Å². The maximum atomic E-state index is 14.7. The zero-order valence-corrected chi connectivity index (χ0v) is 27.7. The zero-order chi connectivity index (χ0) is 32.0. The van der Waals surface area contributed by atoms with Crippen LogP contribution >= 0.6 is 11.8 Å². The Morgan fingerprint density at radius 3 is 2.32 bits per heavy atom. The maximum Gasteiger partial charge on any atom is 0.244 e. The van der Waals surface area contributed by atoms with Crippen molar-refractivity contribution < 1.29 is 24.2 Å². The summed E-state index contributed by atoms with van der Waals surface area (Å²) in [7, 11) is 0. The molecule has 3 amide bonds. The fourth-order valence-electron chi connectivity index (χ4n) is 8.22. The Morgan fingerprint density at radius 2 is 1.73 bits per heavy atom. The molecule has 3 N–H and O–H groups in total. The Kier molecular flexibility index (Phi) is 8.86. The van der Waals surface area contributed by atoms with Crippen LogP contribution in [0, 0.1) is 23.2 Å². The van der Waals surface area contributed by atoms with Crippen molar-refractivity contribution in [3.05, 3.63) is 60.2 Å². The van der Waals surface area contributed by atoms with Crippen molar-refractivity contribution in [1.29, 1.82) is 0 Å². The molecule has 3 fully saturated rings. The minimum Gasteiger partial charge on any atom is -0.494 e. The molecule has 3 saturated heterocycles. The van der Waals surface area contributed by atoms with Crippen LogP contribution in [0.5, 0.6) is 5.75 Å².